The highest BCUT2D eigenvalue weighted by Crippen LogP contribution is 2.45. The van der Waals surface area contributed by atoms with Crippen LogP contribution in [0.3, 0.4) is 0 Å². The van der Waals surface area contributed by atoms with E-state index in [2.05, 4.69) is 40.1 Å². The molecule has 2 saturated heterocycles. The van der Waals surface area contributed by atoms with E-state index in [1.54, 1.807) is 12.1 Å². The molecule has 4 heteroatoms. The highest BCUT2D eigenvalue weighted by atomic mass is 19.1. The molecule has 3 aliphatic rings. The van der Waals surface area contributed by atoms with Crippen LogP contribution in [0.1, 0.15) is 62.0 Å². The van der Waals surface area contributed by atoms with E-state index < -0.39 is 0 Å². The van der Waals surface area contributed by atoms with E-state index in [0.29, 0.717) is 17.4 Å². The predicted octanol–water partition coefficient (Wildman–Crippen LogP) is 5.20. The van der Waals surface area contributed by atoms with E-state index in [9.17, 15) is 9.50 Å². The topological polar surface area (TPSA) is 26.7 Å². The molecule has 1 aliphatic carbocycles. The summed E-state index contributed by atoms with van der Waals surface area (Å²) in [6, 6.07) is 18.2. The third-order valence-electron chi connectivity index (χ3n) is 8.39. The van der Waals surface area contributed by atoms with Gasteiger partial charge in [-0.2, -0.15) is 0 Å². The molecule has 0 bridgehead atoms. The number of nitrogens with zero attached hydrogens (tertiary/aromatic N) is 2. The summed E-state index contributed by atoms with van der Waals surface area (Å²) in [7, 11) is 0. The number of aliphatic hydroxyl groups excluding tert-OH is 1. The lowest BCUT2D eigenvalue weighted by Crippen LogP contribution is -2.55. The van der Waals surface area contributed by atoms with Gasteiger partial charge in [0.15, 0.2) is 0 Å². The number of likely N-dealkylation sites (tertiary alicyclic amines) is 2. The number of benzene rings is 2. The van der Waals surface area contributed by atoms with Gasteiger partial charge in [0, 0.05) is 19.1 Å². The van der Waals surface area contributed by atoms with Crippen LogP contribution in [0.2, 0.25) is 0 Å². The van der Waals surface area contributed by atoms with Crippen molar-refractivity contribution in [1.82, 2.24) is 9.80 Å². The summed E-state index contributed by atoms with van der Waals surface area (Å²) in [4.78, 5) is 5.16. The fourth-order valence-corrected chi connectivity index (χ4v) is 6.65. The minimum Gasteiger partial charge on any atom is -0.391 e. The molecule has 5 rings (SSSR count). The average Bonchev–Trinajstić information content (AvgIpc) is 2.83. The van der Waals surface area contributed by atoms with Crippen molar-refractivity contribution in [1.29, 1.82) is 0 Å². The van der Waals surface area contributed by atoms with E-state index in [4.69, 9.17) is 0 Å². The normalized spacial score (nSPS) is 30.6. The zero-order valence-corrected chi connectivity index (χ0v) is 19.1. The summed E-state index contributed by atoms with van der Waals surface area (Å²) >= 11 is 0. The van der Waals surface area contributed by atoms with E-state index in [0.717, 1.165) is 52.0 Å². The van der Waals surface area contributed by atoms with Crippen molar-refractivity contribution in [2.24, 2.45) is 5.41 Å². The van der Waals surface area contributed by atoms with Crippen LogP contribution in [0.5, 0.6) is 0 Å². The Morgan fingerprint density at radius 3 is 2.41 bits per heavy atom. The molecule has 3 nitrogen and oxygen atoms in total. The second kappa shape index (κ2) is 9.62. The number of rotatable bonds is 4. The first-order chi connectivity index (χ1) is 15.6. The Morgan fingerprint density at radius 2 is 1.66 bits per heavy atom. The molecule has 3 fully saturated rings. The summed E-state index contributed by atoms with van der Waals surface area (Å²) < 4.78 is 13.3. The largest absolute Gasteiger partial charge is 0.391 e. The maximum absolute atomic E-state index is 13.3. The lowest BCUT2D eigenvalue weighted by molar-refractivity contribution is -0.0594. The number of halogens is 1. The lowest BCUT2D eigenvalue weighted by atomic mass is 9.66. The van der Waals surface area contributed by atoms with Crippen molar-refractivity contribution in [3.8, 4) is 0 Å². The zero-order valence-electron chi connectivity index (χ0n) is 19.1. The van der Waals surface area contributed by atoms with E-state index >= 15 is 0 Å². The van der Waals surface area contributed by atoms with Crippen LogP contribution < -0.4 is 0 Å². The quantitative estimate of drug-likeness (QED) is 0.714. The SMILES string of the molecule is O[C@@H]1CC[C@]2(CCCN(Cc3ccc(F)cc3)C2)C[C@H]1N1CCC(c2ccccc2)CC1. The molecule has 1 N–H and O–H groups in total. The third-order valence-corrected chi connectivity index (χ3v) is 8.39. The van der Waals surface area contributed by atoms with Crippen LogP contribution in [0.15, 0.2) is 54.6 Å². The van der Waals surface area contributed by atoms with Gasteiger partial charge >= 0.3 is 0 Å². The average molecular weight is 437 g/mol. The summed E-state index contributed by atoms with van der Waals surface area (Å²) in [5.74, 6) is 0.493. The number of hydrogen-bond acceptors (Lipinski definition) is 3. The Bertz CT molecular complexity index is 865. The molecule has 1 spiro atoms. The number of hydrogen-bond donors (Lipinski definition) is 1. The van der Waals surface area contributed by atoms with Crippen molar-refractivity contribution in [3.05, 3.63) is 71.5 Å². The highest BCUT2D eigenvalue weighted by molar-refractivity contribution is 5.20. The Hall–Kier alpha value is -1.75. The first-order valence-electron chi connectivity index (χ1n) is 12.5. The fourth-order valence-electron chi connectivity index (χ4n) is 6.65. The van der Waals surface area contributed by atoms with Crippen LogP contribution in [0.25, 0.3) is 0 Å². The van der Waals surface area contributed by atoms with Crippen LogP contribution in [-0.4, -0.2) is 53.2 Å². The van der Waals surface area contributed by atoms with E-state index in [1.165, 1.54) is 36.8 Å². The molecule has 0 unspecified atom stereocenters. The molecule has 3 atom stereocenters. The summed E-state index contributed by atoms with van der Waals surface area (Å²) in [6.45, 7) is 5.31. The smallest absolute Gasteiger partial charge is 0.123 e. The van der Waals surface area contributed by atoms with Gasteiger partial charge in [0.05, 0.1) is 6.10 Å². The van der Waals surface area contributed by atoms with Crippen LogP contribution in [0.4, 0.5) is 4.39 Å². The van der Waals surface area contributed by atoms with Gasteiger partial charge < -0.3 is 5.11 Å². The van der Waals surface area contributed by atoms with Crippen molar-refractivity contribution in [2.75, 3.05) is 26.2 Å². The molecule has 2 aromatic carbocycles. The molecule has 2 aromatic rings. The van der Waals surface area contributed by atoms with Crippen molar-refractivity contribution in [3.63, 3.8) is 0 Å². The molecule has 2 aliphatic heterocycles. The number of aliphatic hydroxyl groups is 1. The van der Waals surface area contributed by atoms with Gasteiger partial charge in [-0.3, -0.25) is 9.80 Å². The second-order valence-corrected chi connectivity index (χ2v) is 10.5. The maximum atomic E-state index is 13.3. The maximum Gasteiger partial charge on any atom is 0.123 e. The van der Waals surface area contributed by atoms with Crippen molar-refractivity contribution >= 4 is 0 Å². The Kier molecular flexibility index (Phi) is 6.64. The monoisotopic (exact) mass is 436 g/mol. The molecule has 32 heavy (non-hydrogen) atoms. The minimum atomic E-state index is -0.193. The van der Waals surface area contributed by atoms with Gasteiger partial charge in [0.1, 0.15) is 5.82 Å². The van der Waals surface area contributed by atoms with E-state index in [-0.39, 0.29) is 11.9 Å². The van der Waals surface area contributed by atoms with Crippen LogP contribution in [-0.2, 0) is 6.54 Å². The zero-order chi connectivity index (χ0) is 22.0. The van der Waals surface area contributed by atoms with Crippen molar-refractivity contribution in [2.45, 2.75) is 69.6 Å². The molecule has 0 amide bonds. The van der Waals surface area contributed by atoms with Gasteiger partial charge in [0.25, 0.3) is 0 Å². The minimum absolute atomic E-state index is 0.163. The van der Waals surface area contributed by atoms with Gasteiger partial charge in [-0.25, -0.2) is 4.39 Å². The van der Waals surface area contributed by atoms with Gasteiger partial charge in [0.2, 0.25) is 0 Å². The predicted molar refractivity (Wildman–Crippen MR) is 127 cm³/mol. The molecule has 1 saturated carbocycles. The Morgan fingerprint density at radius 1 is 0.906 bits per heavy atom. The molecular formula is C28H37FN2O. The van der Waals surface area contributed by atoms with Gasteiger partial charge in [-0.05, 0) is 99.2 Å². The fraction of sp³-hybridized carbons (Fsp3) is 0.571. The molecule has 172 valence electrons. The molecular weight excluding hydrogens is 399 g/mol. The highest BCUT2D eigenvalue weighted by Gasteiger charge is 2.45. The Balaban J connectivity index is 1.21. The van der Waals surface area contributed by atoms with E-state index in [1.807, 2.05) is 12.1 Å². The first-order valence-corrected chi connectivity index (χ1v) is 12.5. The van der Waals surface area contributed by atoms with Crippen LogP contribution in [0, 0.1) is 11.2 Å². The van der Waals surface area contributed by atoms with Crippen LogP contribution >= 0.6 is 0 Å². The third kappa shape index (κ3) is 4.93. The molecule has 0 aromatic heterocycles. The van der Waals surface area contributed by atoms with Crippen molar-refractivity contribution < 1.29 is 9.50 Å². The van der Waals surface area contributed by atoms with Gasteiger partial charge in [-0.15, -0.1) is 0 Å². The lowest BCUT2D eigenvalue weighted by Gasteiger charge is -2.52. The Labute approximate surface area is 192 Å². The first kappa shape index (κ1) is 22.1. The molecule has 2 heterocycles. The summed E-state index contributed by atoms with van der Waals surface area (Å²) in [5.41, 5.74) is 2.98. The number of piperidine rings is 2. The summed E-state index contributed by atoms with van der Waals surface area (Å²) in [6.07, 6.45) is 7.86. The standard InChI is InChI=1S/C28H37FN2O/c29-25-9-7-22(8-10-25)20-30-16-4-14-28(21-30)15-11-27(32)26(19-28)31-17-12-24(13-18-31)23-5-2-1-3-6-23/h1-3,5-10,24,26-27,32H,4,11-21H2/t26-,27-,28-/m1/s1. The molecule has 0 radical (unpaired) electrons. The van der Waals surface area contributed by atoms with Gasteiger partial charge in [-0.1, -0.05) is 42.5 Å². The second-order valence-electron chi connectivity index (χ2n) is 10.5. The summed E-state index contributed by atoms with van der Waals surface area (Å²) in [5, 5.41) is 11.0.